The molecule has 0 bridgehead atoms. The Morgan fingerprint density at radius 3 is 3.11 bits per heavy atom. The third-order valence-electron chi connectivity index (χ3n) is 3.92. The Morgan fingerprint density at radius 1 is 1.36 bits per heavy atom. The monoisotopic (exact) mass is 396 g/mol. The van der Waals surface area contributed by atoms with Crippen LogP contribution in [-0.2, 0) is 6.54 Å². The predicted molar refractivity (Wildman–Crippen MR) is 102 cm³/mol. The van der Waals surface area contributed by atoms with Crippen molar-refractivity contribution in [1.29, 1.82) is 0 Å². The number of hydrogen-bond donors (Lipinski definition) is 1. The van der Waals surface area contributed by atoms with Crippen LogP contribution in [-0.4, -0.2) is 44.7 Å². The number of nitrogens with zero attached hydrogens (tertiary/aromatic N) is 5. The largest absolute Gasteiger partial charge is 0.497 e. The highest BCUT2D eigenvalue weighted by atomic mass is 32.1. The number of amides is 1. The summed E-state index contributed by atoms with van der Waals surface area (Å²) < 4.78 is 12.0. The number of rotatable bonds is 7. The first-order chi connectivity index (χ1) is 13.7. The molecule has 1 amide bonds. The van der Waals surface area contributed by atoms with Crippen molar-refractivity contribution in [3.63, 3.8) is 0 Å². The number of carbonyl (C=O) groups is 1. The molecule has 4 rings (SSSR count). The van der Waals surface area contributed by atoms with Gasteiger partial charge in [-0.3, -0.25) is 4.79 Å². The molecule has 0 radical (unpaired) electrons. The van der Waals surface area contributed by atoms with Gasteiger partial charge in [0.25, 0.3) is 11.8 Å². The highest BCUT2D eigenvalue weighted by Gasteiger charge is 2.14. The molecule has 0 aliphatic heterocycles. The van der Waals surface area contributed by atoms with E-state index in [1.807, 2.05) is 16.8 Å². The third-order valence-corrected chi connectivity index (χ3v) is 4.60. The van der Waals surface area contributed by atoms with Gasteiger partial charge in [-0.1, -0.05) is 16.4 Å². The van der Waals surface area contributed by atoms with Gasteiger partial charge in [0.15, 0.2) is 5.69 Å². The summed E-state index contributed by atoms with van der Waals surface area (Å²) in [5.41, 5.74) is 1.91. The van der Waals surface area contributed by atoms with E-state index < -0.39 is 0 Å². The van der Waals surface area contributed by atoms with Gasteiger partial charge in [-0.25, -0.2) is 4.68 Å². The molecule has 9 nitrogen and oxygen atoms in total. The molecule has 0 saturated heterocycles. The zero-order chi connectivity index (χ0) is 19.3. The lowest BCUT2D eigenvalue weighted by Gasteiger charge is -2.06. The molecule has 4 aromatic rings. The quantitative estimate of drug-likeness (QED) is 0.511. The first kappa shape index (κ1) is 17.9. The van der Waals surface area contributed by atoms with Crippen LogP contribution in [0.25, 0.3) is 23.0 Å². The van der Waals surface area contributed by atoms with Crippen molar-refractivity contribution in [2.24, 2.45) is 0 Å². The Morgan fingerprint density at radius 2 is 2.29 bits per heavy atom. The minimum atomic E-state index is -0.184. The highest BCUT2D eigenvalue weighted by molar-refractivity contribution is 7.08. The minimum absolute atomic E-state index is 0.184. The molecule has 1 aromatic carbocycles. The van der Waals surface area contributed by atoms with E-state index >= 15 is 0 Å². The van der Waals surface area contributed by atoms with Gasteiger partial charge in [-0.15, -0.1) is 5.10 Å². The smallest absolute Gasteiger partial charge is 0.280 e. The summed E-state index contributed by atoms with van der Waals surface area (Å²) in [7, 11) is 1.56. The Hall–Kier alpha value is -3.53. The molecule has 3 heterocycles. The molecular weight excluding hydrogens is 380 g/mol. The van der Waals surface area contributed by atoms with Gasteiger partial charge in [-0.05, 0) is 29.6 Å². The summed E-state index contributed by atoms with van der Waals surface area (Å²) in [6, 6.07) is 8.89. The number of hydrogen-bond acceptors (Lipinski definition) is 8. The summed E-state index contributed by atoms with van der Waals surface area (Å²) in [5.74, 6) is 1.26. The van der Waals surface area contributed by atoms with Crippen LogP contribution >= 0.6 is 11.3 Å². The van der Waals surface area contributed by atoms with Crippen LogP contribution in [0.1, 0.15) is 10.4 Å². The van der Waals surface area contributed by atoms with Crippen LogP contribution in [0.2, 0.25) is 0 Å². The van der Waals surface area contributed by atoms with Crippen molar-refractivity contribution in [1.82, 2.24) is 30.5 Å². The van der Waals surface area contributed by atoms with Gasteiger partial charge >= 0.3 is 0 Å². The number of benzene rings is 1. The molecule has 28 heavy (non-hydrogen) atoms. The summed E-state index contributed by atoms with van der Waals surface area (Å²) in [5, 5.41) is 18.8. The predicted octanol–water partition coefficient (Wildman–Crippen LogP) is 2.50. The van der Waals surface area contributed by atoms with Gasteiger partial charge in [0, 0.05) is 23.1 Å². The summed E-state index contributed by atoms with van der Waals surface area (Å²) >= 11 is 1.56. The van der Waals surface area contributed by atoms with Crippen LogP contribution < -0.4 is 10.1 Å². The lowest BCUT2D eigenvalue weighted by molar-refractivity contribution is 0.0951. The molecule has 0 aliphatic carbocycles. The van der Waals surface area contributed by atoms with Crippen molar-refractivity contribution >= 4 is 17.2 Å². The lowest BCUT2D eigenvalue weighted by atomic mass is 10.2. The SMILES string of the molecule is COc1cccc(C(=O)NCCn2cc(-c3nc(-c4ccsc4)no3)nn2)c1. The molecule has 0 aliphatic rings. The molecule has 0 atom stereocenters. The van der Waals surface area contributed by atoms with Crippen molar-refractivity contribution in [2.75, 3.05) is 13.7 Å². The molecule has 0 saturated carbocycles. The number of carbonyl (C=O) groups excluding carboxylic acids is 1. The minimum Gasteiger partial charge on any atom is -0.497 e. The molecule has 0 unspecified atom stereocenters. The molecule has 0 fully saturated rings. The van der Waals surface area contributed by atoms with Gasteiger partial charge in [0.2, 0.25) is 5.82 Å². The fourth-order valence-corrected chi connectivity index (χ4v) is 3.13. The maximum atomic E-state index is 12.2. The van der Waals surface area contributed by atoms with Crippen molar-refractivity contribution in [3.8, 4) is 28.7 Å². The third kappa shape index (κ3) is 3.91. The fourth-order valence-electron chi connectivity index (χ4n) is 2.49. The zero-order valence-electron chi connectivity index (χ0n) is 14.9. The molecule has 142 valence electrons. The normalized spacial score (nSPS) is 10.8. The average Bonchev–Trinajstić information content (AvgIpc) is 3.48. The van der Waals surface area contributed by atoms with Crippen LogP contribution in [0.4, 0.5) is 0 Å². The Kier molecular flexibility index (Phi) is 5.11. The van der Waals surface area contributed by atoms with Gasteiger partial charge in [0.1, 0.15) is 5.75 Å². The Bertz CT molecular complexity index is 1070. The standard InChI is InChI=1S/C18H16N6O3S/c1-26-14-4-2-3-12(9-14)17(25)19-6-7-24-10-15(21-23-24)18-20-16(22-27-18)13-5-8-28-11-13/h2-5,8-11H,6-7H2,1H3,(H,19,25). The van der Waals surface area contributed by atoms with E-state index in [0.717, 1.165) is 5.56 Å². The number of methoxy groups -OCH3 is 1. The fraction of sp³-hybridized carbons (Fsp3) is 0.167. The Balaban J connectivity index is 1.34. The summed E-state index contributed by atoms with van der Waals surface area (Å²) in [4.78, 5) is 16.5. The molecule has 1 N–H and O–H groups in total. The van der Waals surface area contributed by atoms with E-state index in [9.17, 15) is 4.79 Å². The van der Waals surface area contributed by atoms with E-state index in [1.165, 1.54) is 0 Å². The number of thiophene rings is 1. The van der Waals surface area contributed by atoms with Gasteiger partial charge in [0.05, 0.1) is 19.9 Å². The summed E-state index contributed by atoms with van der Waals surface area (Å²) in [6.45, 7) is 0.844. The highest BCUT2D eigenvalue weighted by Crippen LogP contribution is 2.22. The van der Waals surface area contributed by atoms with Crippen LogP contribution in [0.15, 0.2) is 51.8 Å². The summed E-state index contributed by atoms with van der Waals surface area (Å²) in [6.07, 6.45) is 1.70. The van der Waals surface area contributed by atoms with Crippen molar-refractivity contribution < 1.29 is 14.1 Å². The second-order valence-electron chi connectivity index (χ2n) is 5.79. The van der Waals surface area contributed by atoms with Crippen molar-refractivity contribution in [2.45, 2.75) is 6.54 Å². The second-order valence-corrected chi connectivity index (χ2v) is 6.57. The lowest BCUT2D eigenvalue weighted by Crippen LogP contribution is -2.27. The number of nitrogens with one attached hydrogen (secondary N) is 1. The van der Waals surface area contributed by atoms with E-state index in [2.05, 4.69) is 25.8 Å². The Labute approximate surface area is 164 Å². The molecule has 3 aromatic heterocycles. The zero-order valence-corrected chi connectivity index (χ0v) is 15.7. The number of ether oxygens (including phenoxy) is 1. The molecule has 10 heteroatoms. The average molecular weight is 396 g/mol. The first-order valence-corrected chi connectivity index (χ1v) is 9.36. The maximum absolute atomic E-state index is 12.2. The first-order valence-electron chi connectivity index (χ1n) is 8.42. The maximum Gasteiger partial charge on any atom is 0.280 e. The van der Waals surface area contributed by atoms with Crippen molar-refractivity contribution in [3.05, 3.63) is 52.9 Å². The van der Waals surface area contributed by atoms with E-state index in [4.69, 9.17) is 9.26 Å². The second kappa shape index (κ2) is 8.01. The van der Waals surface area contributed by atoms with Crippen LogP contribution in [0, 0.1) is 0 Å². The molecular formula is C18H16N6O3S. The van der Waals surface area contributed by atoms with Crippen LogP contribution in [0.5, 0.6) is 5.75 Å². The molecule has 0 spiro atoms. The van der Waals surface area contributed by atoms with Crippen LogP contribution in [0.3, 0.4) is 0 Å². The number of aromatic nitrogens is 5. The van der Waals surface area contributed by atoms with Gasteiger partial charge < -0.3 is 14.6 Å². The van der Waals surface area contributed by atoms with E-state index in [1.54, 1.807) is 53.6 Å². The van der Waals surface area contributed by atoms with Gasteiger partial charge in [-0.2, -0.15) is 16.3 Å². The topological polar surface area (TPSA) is 108 Å². The van der Waals surface area contributed by atoms with E-state index in [0.29, 0.717) is 41.8 Å². The van der Waals surface area contributed by atoms with E-state index in [-0.39, 0.29) is 5.91 Å².